The Morgan fingerprint density at radius 2 is 1.86 bits per heavy atom. The topological polar surface area (TPSA) is 87.4 Å². The maximum absolute atomic E-state index is 12.9. The molecule has 1 aliphatic rings. The lowest BCUT2D eigenvalue weighted by molar-refractivity contribution is -0.125. The van der Waals surface area contributed by atoms with E-state index in [0.29, 0.717) is 18.3 Å². The summed E-state index contributed by atoms with van der Waals surface area (Å²) in [6.07, 6.45) is 3.30. The van der Waals surface area contributed by atoms with Crippen LogP contribution in [-0.2, 0) is 11.3 Å². The molecule has 0 spiro atoms. The van der Waals surface area contributed by atoms with Gasteiger partial charge < -0.3 is 19.6 Å². The molecule has 1 N–H and O–H groups in total. The van der Waals surface area contributed by atoms with Crippen molar-refractivity contribution in [2.24, 2.45) is 5.92 Å². The fourth-order valence-electron chi connectivity index (χ4n) is 4.65. The van der Waals surface area contributed by atoms with Gasteiger partial charge in [-0.25, -0.2) is 4.98 Å². The smallest absolute Gasteiger partial charge is 0.261 e. The highest BCUT2D eigenvalue weighted by Crippen LogP contribution is 2.32. The first kappa shape index (κ1) is 24.5. The molecule has 0 bridgehead atoms. The number of nitrogens with one attached hydrogen (secondary N) is 1. The van der Waals surface area contributed by atoms with Crippen LogP contribution in [0.5, 0.6) is 0 Å². The lowest BCUT2D eigenvalue weighted by Gasteiger charge is -2.32. The third-order valence-corrected chi connectivity index (χ3v) is 6.80. The number of hydrogen-bond acceptors (Lipinski definition) is 7. The fourth-order valence-corrected chi connectivity index (χ4v) is 4.65. The third-order valence-electron chi connectivity index (χ3n) is 6.80. The second-order valence-corrected chi connectivity index (χ2v) is 9.71. The molecule has 8 nitrogen and oxygen atoms in total. The van der Waals surface area contributed by atoms with Gasteiger partial charge in [-0.15, -0.1) is 0 Å². The van der Waals surface area contributed by atoms with Gasteiger partial charge in [-0.1, -0.05) is 41.1 Å². The van der Waals surface area contributed by atoms with Gasteiger partial charge in [-0.2, -0.15) is 4.98 Å². The summed E-state index contributed by atoms with van der Waals surface area (Å²) in [5.41, 5.74) is 5.10. The molecule has 37 heavy (non-hydrogen) atoms. The van der Waals surface area contributed by atoms with Crippen molar-refractivity contribution in [2.45, 2.75) is 26.3 Å². The molecule has 2 aromatic carbocycles. The van der Waals surface area contributed by atoms with Gasteiger partial charge in [0.15, 0.2) is 0 Å². The number of rotatable bonds is 7. The van der Waals surface area contributed by atoms with E-state index < -0.39 is 0 Å². The van der Waals surface area contributed by atoms with Crippen LogP contribution < -0.4 is 15.1 Å². The normalized spacial score (nSPS) is 14.0. The van der Waals surface area contributed by atoms with Gasteiger partial charge in [0, 0.05) is 57.1 Å². The molecule has 2 aromatic heterocycles. The summed E-state index contributed by atoms with van der Waals surface area (Å²) in [6.45, 7) is 4.05. The molecule has 1 fully saturated rings. The first-order chi connectivity index (χ1) is 18.0. The summed E-state index contributed by atoms with van der Waals surface area (Å²) in [6, 6.07) is 20.1. The van der Waals surface area contributed by atoms with Crippen LogP contribution in [0.25, 0.3) is 22.8 Å². The first-order valence-corrected chi connectivity index (χ1v) is 12.6. The molecule has 3 heterocycles. The number of carbonyl (C=O) groups is 1. The lowest BCUT2D eigenvalue weighted by atomic mass is 9.95. The number of anilines is 2. The average Bonchev–Trinajstić information content (AvgIpc) is 3.42. The second kappa shape index (κ2) is 10.8. The number of nitrogens with zero attached hydrogens (tertiary/aromatic N) is 5. The predicted octanol–water partition coefficient (Wildman–Crippen LogP) is 4.71. The van der Waals surface area contributed by atoms with Crippen molar-refractivity contribution in [3.63, 3.8) is 0 Å². The Labute approximate surface area is 217 Å². The highest BCUT2D eigenvalue weighted by molar-refractivity contribution is 5.79. The Balaban J connectivity index is 1.21. The van der Waals surface area contributed by atoms with E-state index in [4.69, 9.17) is 4.52 Å². The molecule has 4 aromatic rings. The van der Waals surface area contributed by atoms with Gasteiger partial charge in [0.05, 0.1) is 5.56 Å². The van der Waals surface area contributed by atoms with Crippen LogP contribution in [-0.4, -0.2) is 48.2 Å². The first-order valence-electron chi connectivity index (χ1n) is 12.6. The Morgan fingerprint density at radius 3 is 2.59 bits per heavy atom. The second-order valence-electron chi connectivity index (χ2n) is 9.71. The quantitative estimate of drug-likeness (QED) is 0.397. The number of amides is 1. The van der Waals surface area contributed by atoms with E-state index in [2.05, 4.69) is 54.5 Å². The summed E-state index contributed by atoms with van der Waals surface area (Å²) < 4.78 is 5.64. The minimum Gasteiger partial charge on any atom is -0.378 e. The van der Waals surface area contributed by atoms with E-state index in [9.17, 15) is 4.79 Å². The van der Waals surface area contributed by atoms with E-state index >= 15 is 0 Å². The lowest BCUT2D eigenvalue weighted by Crippen LogP contribution is -2.40. The van der Waals surface area contributed by atoms with Crippen molar-refractivity contribution in [1.82, 2.24) is 20.4 Å². The summed E-state index contributed by atoms with van der Waals surface area (Å²) in [5, 5.41) is 7.31. The minimum atomic E-state index is -0.0132. The summed E-state index contributed by atoms with van der Waals surface area (Å²) in [4.78, 5) is 26.4. The van der Waals surface area contributed by atoms with Gasteiger partial charge in [0.1, 0.15) is 5.82 Å². The molecule has 1 amide bonds. The molecular formula is C29H32N6O2. The minimum absolute atomic E-state index is 0.0132. The molecule has 8 heteroatoms. The Kier molecular flexibility index (Phi) is 7.16. The molecule has 0 atom stereocenters. The van der Waals surface area contributed by atoms with Crippen molar-refractivity contribution < 1.29 is 9.32 Å². The van der Waals surface area contributed by atoms with Gasteiger partial charge in [0.2, 0.25) is 11.7 Å². The number of carbonyl (C=O) groups excluding carboxylic acids is 1. The third kappa shape index (κ3) is 5.63. The number of aryl methyl sites for hydroxylation is 1. The molecule has 0 saturated carbocycles. The van der Waals surface area contributed by atoms with Crippen LogP contribution in [0.15, 0.2) is 71.4 Å². The van der Waals surface area contributed by atoms with Crippen LogP contribution >= 0.6 is 0 Å². The van der Waals surface area contributed by atoms with Crippen LogP contribution in [0.4, 0.5) is 11.5 Å². The Bertz CT molecular complexity index is 1360. The zero-order chi connectivity index (χ0) is 25.8. The van der Waals surface area contributed by atoms with Gasteiger partial charge in [-0.3, -0.25) is 4.79 Å². The fraction of sp³-hybridized carbons (Fsp3) is 0.310. The zero-order valence-electron chi connectivity index (χ0n) is 21.5. The predicted molar refractivity (Wildman–Crippen MR) is 145 cm³/mol. The highest BCUT2D eigenvalue weighted by atomic mass is 16.5. The van der Waals surface area contributed by atoms with Gasteiger partial charge in [0.25, 0.3) is 5.89 Å². The van der Waals surface area contributed by atoms with Crippen molar-refractivity contribution >= 4 is 17.4 Å². The molecule has 0 aliphatic carbocycles. The number of benzene rings is 2. The zero-order valence-corrected chi connectivity index (χ0v) is 21.5. The Hall–Kier alpha value is -4.20. The van der Waals surface area contributed by atoms with Crippen LogP contribution in [0.3, 0.4) is 0 Å². The van der Waals surface area contributed by atoms with Crippen LogP contribution in [0, 0.1) is 12.8 Å². The molecule has 190 valence electrons. The largest absolute Gasteiger partial charge is 0.378 e. The SMILES string of the molecule is Cc1cccc(-c2noc(-c3cccnc3N3CCC(C(=O)NCc4ccc(N(C)C)cc4)CC3)n2)c1. The molecule has 1 aliphatic heterocycles. The molecule has 1 saturated heterocycles. The van der Waals surface area contributed by atoms with Crippen molar-refractivity contribution in [3.8, 4) is 22.8 Å². The number of hydrogen-bond donors (Lipinski definition) is 1. The van der Waals surface area contributed by atoms with Crippen LogP contribution in [0.2, 0.25) is 0 Å². The van der Waals surface area contributed by atoms with Crippen molar-refractivity contribution in [2.75, 3.05) is 37.0 Å². The number of piperidine rings is 1. The van der Waals surface area contributed by atoms with E-state index in [-0.39, 0.29) is 11.8 Å². The van der Waals surface area contributed by atoms with E-state index in [1.807, 2.05) is 57.4 Å². The maximum atomic E-state index is 12.9. The standard InChI is InChI=1S/C29H32N6O2/c1-20-6-4-7-23(18-20)26-32-29(37-33-26)25-8-5-15-30-27(25)35-16-13-22(14-17-35)28(36)31-19-21-9-11-24(12-10-21)34(2)3/h4-12,15,18,22H,13-14,16-17,19H2,1-3H3,(H,31,36). The van der Waals surface area contributed by atoms with Gasteiger partial charge >= 0.3 is 0 Å². The summed E-state index contributed by atoms with van der Waals surface area (Å²) >= 11 is 0. The Morgan fingerprint density at radius 1 is 1.08 bits per heavy atom. The van der Waals surface area contributed by atoms with Gasteiger partial charge in [-0.05, 0) is 55.7 Å². The van der Waals surface area contributed by atoms with Crippen molar-refractivity contribution in [3.05, 3.63) is 78.0 Å². The number of aromatic nitrogens is 3. The van der Waals surface area contributed by atoms with E-state index in [1.54, 1.807) is 6.20 Å². The van der Waals surface area contributed by atoms with Crippen LogP contribution in [0.1, 0.15) is 24.0 Å². The van der Waals surface area contributed by atoms with E-state index in [0.717, 1.165) is 59.7 Å². The molecular weight excluding hydrogens is 464 g/mol. The molecule has 0 radical (unpaired) electrons. The summed E-state index contributed by atoms with van der Waals surface area (Å²) in [5.74, 6) is 1.90. The average molecular weight is 497 g/mol. The molecule has 0 unspecified atom stereocenters. The monoisotopic (exact) mass is 496 g/mol. The van der Waals surface area contributed by atoms with Crippen molar-refractivity contribution in [1.29, 1.82) is 0 Å². The van der Waals surface area contributed by atoms with E-state index in [1.165, 1.54) is 0 Å². The summed E-state index contributed by atoms with van der Waals surface area (Å²) in [7, 11) is 4.03. The molecule has 5 rings (SSSR count). The number of pyridine rings is 1. The highest BCUT2D eigenvalue weighted by Gasteiger charge is 2.27. The maximum Gasteiger partial charge on any atom is 0.261 e.